The van der Waals surface area contributed by atoms with Gasteiger partial charge in [-0.2, -0.15) is 18.3 Å². The van der Waals surface area contributed by atoms with E-state index in [4.69, 9.17) is 0 Å². The number of amides is 2. The SMILES string of the molecule is O=C1N[C@@H](c2cn(-c3ccccc3)nc2-c2cccs2)[C@H](C(=O)c2cccnc2)[C@](O)(C(F)(F)F)N1. The third kappa shape index (κ3) is 4.03. The maximum Gasteiger partial charge on any atom is 0.437 e. The van der Waals surface area contributed by atoms with Crippen molar-refractivity contribution >= 4 is 23.2 Å². The first kappa shape index (κ1) is 23.7. The average molecular weight is 514 g/mol. The highest BCUT2D eigenvalue weighted by molar-refractivity contribution is 7.13. The number of hydrogen-bond donors (Lipinski definition) is 3. The Morgan fingerprint density at radius 2 is 1.89 bits per heavy atom. The summed E-state index contributed by atoms with van der Waals surface area (Å²) in [5.74, 6) is -3.24. The van der Waals surface area contributed by atoms with Gasteiger partial charge in [0.05, 0.1) is 16.6 Å². The van der Waals surface area contributed by atoms with Gasteiger partial charge in [0.2, 0.25) is 5.72 Å². The fourth-order valence-corrected chi connectivity index (χ4v) is 4.95. The number of thiophene rings is 1. The van der Waals surface area contributed by atoms with Crippen LogP contribution in [0.5, 0.6) is 0 Å². The zero-order chi connectivity index (χ0) is 25.5. The van der Waals surface area contributed by atoms with Crippen LogP contribution in [-0.4, -0.2) is 43.6 Å². The predicted octanol–water partition coefficient (Wildman–Crippen LogP) is 4.10. The van der Waals surface area contributed by atoms with Gasteiger partial charge in [0, 0.05) is 29.7 Å². The van der Waals surface area contributed by atoms with Crippen molar-refractivity contribution in [2.24, 2.45) is 5.92 Å². The van der Waals surface area contributed by atoms with E-state index < -0.39 is 35.7 Å². The van der Waals surface area contributed by atoms with Crippen molar-refractivity contribution in [3.05, 3.63) is 89.7 Å². The molecule has 3 atom stereocenters. The lowest BCUT2D eigenvalue weighted by Gasteiger charge is -2.44. The molecule has 5 rings (SSSR count). The molecule has 12 heteroatoms. The van der Waals surface area contributed by atoms with Gasteiger partial charge in [-0.3, -0.25) is 9.78 Å². The van der Waals surface area contributed by atoms with Gasteiger partial charge in [0.1, 0.15) is 11.6 Å². The van der Waals surface area contributed by atoms with Crippen LogP contribution in [0.4, 0.5) is 18.0 Å². The smallest absolute Gasteiger partial charge is 0.363 e. The van der Waals surface area contributed by atoms with Gasteiger partial charge in [-0.1, -0.05) is 24.3 Å². The van der Waals surface area contributed by atoms with E-state index in [1.54, 1.807) is 53.2 Å². The summed E-state index contributed by atoms with van der Waals surface area (Å²) >= 11 is 1.29. The lowest BCUT2D eigenvalue weighted by Crippen LogP contribution is -2.72. The Morgan fingerprint density at radius 3 is 2.53 bits per heavy atom. The number of pyridine rings is 1. The highest BCUT2D eigenvalue weighted by Crippen LogP contribution is 2.46. The lowest BCUT2D eigenvalue weighted by atomic mass is 9.77. The van der Waals surface area contributed by atoms with Crippen molar-refractivity contribution in [1.82, 2.24) is 25.4 Å². The van der Waals surface area contributed by atoms with E-state index in [-0.39, 0.29) is 16.8 Å². The monoisotopic (exact) mass is 513 g/mol. The number of para-hydroxylation sites is 1. The van der Waals surface area contributed by atoms with Crippen molar-refractivity contribution in [2.75, 3.05) is 0 Å². The summed E-state index contributed by atoms with van der Waals surface area (Å²) in [4.78, 5) is 30.4. The molecule has 0 bridgehead atoms. The van der Waals surface area contributed by atoms with Gasteiger partial charge in [-0.05, 0) is 35.7 Å². The third-order valence-corrected chi connectivity index (χ3v) is 6.76. The number of alkyl halides is 3. The molecular formula is C24H18F3N5O3S. The molecule has 36 heavy (non-hydrogen) atoms. The Morgan fingerprint density at radius 1 is 1.11 bits per heavy atom. The Hall–Kier alpha value is -4.03. The Labute approximate surface area is 206 Å². The molecule has 0 saturated carbocycles. The van der Waals surface area contributed by atoms with Crippen LogP contribution in [0.3, 0.4) is 0 Å². The predicted molar refractivity (Wildman–Crippen MR) is 124 cm³/mol. The lowest BCUT2D eigenvalue weighted by molar-refractivity contribution is -0.287. The van der Waals surface area contributed by atoms with Crippen LogP contribution in [0.15, 0.2) is 78.6 Å². The zero-order valence-electron chi connectivity index (χ0n) is 18.3. The number of aromatic nitrogens is 3. The highest BCUT2D eigenvalue weighted by Gasteiger charge is 2.66. The Balaban J connectivity index is 1.72. The van der Waals surface area contributed by atoms with Crippen LogP contribution in [0, 0.1) is 5.92 Å². The molecule has 3 N–H and O–H groups in total. The number of nitrogens with zero attached hydrogens (tertiary/aromatic N) is 3. The molecule has 1 aliphatic rings. The second kappa shape index (κ2) is 8.88. The molecule has 4 aromatic rings. The number of benzene rings is 1. The van der Waals surface area contributed by atoms with E-state index in [1.165, 1.54) is 40.5 Å². The molecule has 3 aromatic heterocycles. The number of carbonyl (C=O) groups excluding carboxylic acids is 2. The van der Waals surface area contributed by atoms with E-state index in [0.29, 0.717) is 10.6 Å². The number of Topliss-reactive ketones (excluding diaryl/α,β-unsaturated/α-hetero) is 1. The number of ketones is 1. The van der Waals surface area contributed by atoms with Crippen LogP contribution in [0.25, 0.3) is 16.3 Å². The first-order valence-electron chi connectivity index (χ1n) is 10.7. The van der Waals surface area contributed by atoms with Crippen LogP contribution < -0.4 is 10.6 Å². The summed E-state index contributed by atoms with van der Waals surface area (Å²) in [6.45, 7) is 0. The van der Waals surface area contributed by atoms with Gasteiger partial charge >= 0.3 is 12.2 Å². The van der Waals surface area contributed by atoms with Crippen LogP contribution in [-0.2, 0) is 0 Å². The van der Waals surface area contributed by atoms with Crippen molar-refractivity contribution in [3.8, 4) is 16.3 Å². The second-order valence-electron chi connectivity index (χ2n) is 8.11. The fourth-order valence-electron chi connectivity index (χ4n) is 4.22. The van der Waals surface area contributed by atoms with Gasteiger partial charge < -0.3 is 15.7 Å². The summed E-state index contributed by atoms with van der Waals surface area (Å²) in [7, 11) is 0. The van der Waals surface area contributed by atoms with E-state index in [9.17, 15) is 27.9 Å². The minimum Gasteiger partial charge on any atom is -0.363 e. The maximum absolute atomic E-state index is 14.3. The summed E-state index contributed by atoms with van der Waals surface area (Å²) in [5, 5.41) is 21.2. The molecule has 0 radical (unpaired) electrons. The molecule has 8 nitrogen and oxygen atoms in total. The van der Waals surface area contributed by atoms with Crippen LogP contribution in [0.1, 0.15) is 22.0 Å². The van der Waals surface area contributed by atoms with Crippen LogP contribution >= 0.6 is 11.3 Å². The van der Waals surface area contributed by atoms with Crippen LogP contribution in [0.2, 0.25) is 0 Å². The molecule has 184 valence electrons. The van der Waals surface area contributed by atoms with Gasteiger partial charge in [0.15, 0.2) is 5.78 Å². The molecule has 1 aliphatic heterocycles. The van der Waals surface area contributed by atoms with E-state index in [1.807, 2.05) is 0 Å². The maximum atomic E-state index is 14.3. The molecule has 1 aromatic carbocycles. The van der Waals surface area contributed by atoms with Crippen molar-refractivity contribution < 1.29 is 27.9 Å². The summed E-state index contributed by atoms with van der Waals surface area (Å²) in [5.41, 5.74) is -2.98. The van der Waals surface area contributed by atoms with Gasteiger partial charge in [0.25, 0.3) is 0 Å². The molecular weight excluding hydrogens is 495 g/mol. The standard InChI is InChI=1S/C24H18F3N5O3S/c25-24(26,27)23(35)18(21(33)14-6-4-10-28-12-14)20(29-22(34)30-23)16-13-32(15-7-2-1-3-8-15)31-19(16)17-9-5-11-36-17/h1-13,18,20,35H,(H2,29,30,34)/t18-,20+,23+/m1/s1. The van der Waals surface area contributed by atoms with E-state index in [0.717, 1.165) is 6.20 Å². The second-order valence-corrected chi connectivity index (χ2v) is 9.06. The first-order valence-corrected chi connectivity index (χ1v) is 11.6. The van der Waals surface area contributed by atoms with Crippen molar-refractivity contribution in [2.45, 2.75) is 17.9 Å². The van der Waals surface area contributed by atoms with Gasteiger partial charge in [-0.25, -0.2) is 9.48 Å². The van der Waals surface area contributed by atoms with E-state index in [2.05, 4.69) is 15.4 Å². The minimum absolute atomic E-state index is 0.140. The quantitative estimate of drug-likeness (QED) is 0.348. The molecule has 0 aliphatic carbocycles. The molecule has 1 saturated heterocycles. The molecule has 1 fully saturated rings. The highest BCUT2D eigenvalue weighted by atomic mass is 32.1. The summed E-state index contributed by atoms with van der Waals surface area (Å²) in [6, 6.07) is 12.1. The largest absolute Gasteiger partial charge is 0.437 e. The van der Waals surface area contributed by atoms with Crippen molar-refractivity contribution in [3.63, 3.8) is 0 Å². The number of carbonyl (C=O) groups is 2. The summed E-state index contributed by atoms with van der Waals surface area (Å²) < 4.78 is 44.3. The normalized spacial score (nSPS) is 22.1. The first-order chi connectivity index (χ1) is 17.2. The molecule has 2 amide bonds. The molecule has 4 heterocycles. The number of urea groups is 1. The van der Waals surface area contributed by atoms with Gasteiger partial charge in [-0.15, -0.1) is 11.3 Å². The van der Waals surface area contributed by atoms with E-state index >= 15 is 0 Å². The third-order valence-electron chi connectivity index (χ3n) is 5.89. The van der Waals surface area contributed by atoms with Crippen molar-refractivity contribution in [1.29, 1.82) is 0 Å². The minimum atomic E-state index is -5.37. The number of nitrogens with one attached hydrogen (secondary N) is 2. The molecule has 0 unspecified atom stereocenters. The number of aliphatic hydroxyl groups is 1. The Kier molecular flexibility index (Phi) is 5.85. The number of hydrogen-bond acceptors (Lipinski definition) is 6. The number of halogens is 3. The fraction of sp³-hybridized carbons (Fsp3) is 0.167. The summed E-state index contributed by atoms with van der Waals surface area (Å²) in [6.07, 6.45) is -1.44. The zero-order valence-corrected chi connectivity index (χ0v) is 19.1. The number of rotatable bonds is 5. The molecule has 0 spiro atoms. The Bertz CT molecular complexity index is 1390. The topological polar surface area (TPSA) is 109 Å². The average Bonchev–Trinajstić information content (AvgIpc) is 3.54.